The second-order valence-electron chi connectivity index (χ2n) is 7.55. The molecule has 0 aliphatic carbocycles. The third-order valence-electron chi connectivity index (χ3n) is 4.41. The molecule has 1 unspecified atom stereocenters. The van der Waals surface area contributed by atoms with E-state index in [0.717, 1.165) is 24.4 Å². The summed E-state index contributed by atoms with van der Waals surface area (Å²) >= 11 is 6.06. The van der Waals surface area contributed by atoms with Gasteiger partial charge in [0.05, 0.1) is 11.5 Å². The van der Waals surface area contributed by atoms with E-state index in [4.69, 9.17) is 11.6 Å². The number of sulfone groups is 1. The predicted molar refractivity (Wildman–Crippen MR) is 120 cm³/mol. The van der Waals surface area contributed by atoms with Crippen LogP contribution in [0.3, 0.4) is 0 Å². The van der Waals surface area contributed by atoms with Gasteiger partial charge in [-0.2, -0.15) is 0 Å². The lowest BCUT2D eigenvalue weighted by Gasteiger charge is -2.26. The van der Waals surface area contributed by atoms with E-state index in [-0.39, 0.29) is 41.1 Å². The number of nitrogens with zero attached hydrogens (tertiary/aromatic N) is 1. The van der Waals surface area contributed by atoms with Gasteiger partial charge in [0.1, 0.15) is 0 Å². The minimum absolute atomic E-state index is 0. The van der Waals surface area contributed by atoms with E-state index in [1.807, 2.05) is 18.2 Å². The molecule has 1 aliphatic heterocycles. The molecule has 8 heteroatoms. The molecule has 0 aromatic heterocycles. The van der Waals surface area contributed by atoms with Crippen LogP contribution < -0.4 is 10.6 Å². The number of rotatable bonds is 6. The maximum absolute atomic E-state index is 11.5. The quantitative estimate of drug-likeness (QED) is 0.348. The summed E-state index contributed by atoms with van der Waals surface area (Å²) in [7, 11) is -1.11. The number of nitrogens with one attached hydrogen (secondary N) is 2. The zero-order valence-corrected chi connectivity index (χ0v) is 19.5. The molecule has 26 heavy (non-hydrogen) atoms. The molecule has 2 N–H and O–H groups in total. The van der Waals surface area contributed by atoms with Crippen LogP contribution in [0.1, 0.15) is 25.8 Å². The SMILES string of the molecule is CN=C(NCC1CCS(=O)(=O)C1)NCC(C)(C)Cc1cccc(Cl)c1.I. The van der Waals surface area contributed by atoms with Crippen molar-refractivity contribution in [2.45, 2.75) is 26.7 Å². The Morgan fingerprint density at radius 2 is 2.08 bits per heavy atom. The van der Waals surface area contributed by atoms with Crippen molar-refractivity contribution < 1.29 is 8.42 Å². The third kappa shape index (κ3) is 8.00. The molecule has 5 nitrogen and oxygen atoms in total. The highest BCUT2D eigenvalue weighted by molar-refractivity contribution is 14.0. The van der Waals surface area contributed by atoms with Crippen LogP contribution in [-0.2, 0) is 16.3 Å². The average Bonchev–Trinajstić information content (AvgIpc) is 2.86. The summed E-state index contributed by atoms with van der Waals surface area (Å²) in [6.07, 6.45) is 1.63. The summed E-state index contributed by atoms with van der Waals surface area (Å²) in [4.78, 5) is 4.23. The van der Waals surface area contributed by atoms with Crippen molar-refractivity contribution in [3.05, 3.63) is 34.9 Å². The van der Waals surface area contributed by atoms with Gasteiger partial charge in [0.25, 0.3) is 0 Å². The summed E-state index contributed by atoms with van der Waals surface area (Å²) in [5.41, 5.74) is 1.23. The van der Waals surface area contributed by atoms with E-state index < -0.39 is 9.84 Å². The first-order valence-corrected chi connectivity index (χ1v) is 10.8. The van der Waals surface area contributed by atoms with Gasteiger partial charge < -0.3 is 10.6 Å². The van der Waals surface area contributed by atoms with Crippen LogP contribution >= 0.6 is 35.6 Å². The Kier molecular flexibility index (Phi) is 9.15. The minimum Gasteiger partial charge on any atom is -0.356 e. The van der Waals surface area contributed by atoms with E-state index in [0.29, 0.717) is 18.3 Å². The topological polar surface area (TPSA) is 70.6 Å². The van der Waals surface area contributed by atoms with Gasteiger partial charge in [-0.25, -0.2) is 8.42 Å². The molecule has 1 atom stereocenters. The van der Waals surface area contributed by atoms with Gasteiger partial charge in [-0.1, -0.05) is 37.6 Å². The van der Waals surface area contributed by atoms with Crippen molar-refractivity contribution >= 4 is 51.4 Å². The van der Waals surface area contributed by atoms with Crippen LogP contribution in [0.5, 0.6) is 0 Å². The van der Waals surface area contributed by atoms with Crippen molar-refractivity contribution in [3.63, 3.8) is 0 Å². The van der Waals surface area contributed by atoms with Crippen LogP contribution in [0.15, 0.2) is 29.3 Å². The van der Waals surface area contributed by atoms with Gasteiger partial charge in [-0.3, -0.25) is 4.99 Å². The second kappa shape index (κ2) is 10.1. The summed E-state index contributed by atoms with van der Waals surface area (Å²) < 4.78 is 23.1. The fraction of sp³-hybridized carbons (Fsp3) is 0.611. The van der Waals surface area contributed by atoms with Crippen LogP contribution in [0.25, 0.3) is 0 Å². The molecule has 2 rings (SSSR count). The Hall–Kier alpha value is -0.540. The van der Waals surface area contributed by atoms with Crippen molar-refractivity contribution in [2.24, 2.45) is 16.3 Å². The maximum Gasteiger partial charge on any atom is 0.191 e. The van der Waals surface area contributed by atoms with Gasteiger partial charge in [0, 0.05) is 25.2 Å². The summed E-state index contributed by atoms with van der Waals surface area (Å²) in [6, 6.07) is 7.93. The smallest absolute Gasteiger partial charge is 0.191 e. The van der Waals surface area contributed by atoms with Crippen molar-refractivity contribution in [3.8, 4) is 0 Å². The summed E-state index contributed by atoms with van der Waals surface area (Å²) in [5, 5.41) is 7.35. The molecule has 148 valence electrons. The van der Waals surface area contributed by atoms with Gasteiger partial charge >= 0.3 is 0 Å². The van der Waals surface area contributed by atoms with E-state index in [9.17, 15) is 8.42 Å². The van der Waals surface area contributed by atoms with Gasteiger partial charge in [0.15, 0.2) is 15.8 Å². The highest BCUT2D eigenvalue weighted by atomic mass is 127. The van der Waals surface area contributed by atoms with Gasteiger partial charge in [-0.15, -0.1) is 24.0 Å². The van der Waals surface area contributed by atoms with Crippen molar-refractivity contribution in [1.29, 1.82) is 0 Å². The molecular formula is C18H29ClIN3O2S. The molecule has 1 aliphatic rings. The molecular weight excluding hydrogens is 485 g/mol. The van der Waals surface area contributed by atoms with E-state index in [2.05, 4.69) is 35.5 Å². The number of hydrogen-bond acceptors (Lipinski definition) is 3. The lowest BCUT2D eigenvalue weighted by molar-refractivity contribution is 0.358. The molecule has 0 radical (unpaired) electrons. The Morgan fingerprint density at radius 1 is 1.35 bits per heavy atom. The van der Waals surface area contributed by atoms with E-state index in [1.54, 1.807) is 7.05 Å². The standard InChI is InChI=1S/C18H28ClN3O2S.HI/c1-18(2,10-14-5-4-6-16(19)9-14)13-22-17(20-3)21-11-15-7-8-25(23,24)12-15;/h4-6,9,15H,7-8,10-13H2,1-3H3,(H2,20,21,22);1H. The van der Waals surface area contributed by atoms with Crippen molar-refractivity contribution in [2.75, 3.05) is 31.6 Å². The zero-order valence-electron chi connectivity index (χ0n) is 15.6. The highest BCUT2D eigenvalue weighted by Crippen LogP contribution is 2.23. The lowest BCUT2D eigenvalue weighted by atomic mass is 9.86. The molecule has 1 saturated heterocycles. The Bertz CT molecular complexity index is 723. The fourth-order valence-corrected chi connectivity index (χ4v) is 5.15. The molecule has 0 amide bonds. The normalized spacial score (nSPS) is 19.7. The highest BCUT2D eigenvalue weighted by Gasteiger charge is 2.28. The van der Waals surface area contributed by atoms with Crippen LogP contribution in [0.2, 0.25) is 5.02 Å². The lowest BCUT2D eigenvalue weighted by Crippen LogP contribution is -2.44. The van der Waals surface area contributed by atoms with E-state index >= 15 is 0 Å². The Morgan fingerprint density at radius 3 is 2.65 bits per heavy atom. The van der Waals surface area contributed by atoms with E-state index in [1.165, 1.54) is 5.56 Å². The maximum atomic E-state index is 11.5. The Balaban J connectivity index is 0.00000338. The molecule has 0 spiro atoms. The third-order valence-corrected chi connectivity index (χ3v) is 6.49. The van der Waals surface area contributed by atoms with Crippen LogP contribution in [0, 0.1) is 11.3 Å². The molecule has 0 bridgehead atoms. The first kappa shape index (κ1) is 23.5. The second-order valence-corrected chi connectivity index (χ2v) is 10.2. The van der Waals surface area contributed by atoms with Crippen molar-refractivity contribution in [1.82, 2.24) is 10.6 Å². The first-order valence-electron chi connectivity index (χ1n) is 8.58. The Labute approximate surface area is 179 Å². The summed E-state index contributed by atoms with van der Waals surface area (Å²) in [5.74, 6) is 1.46. The first-order chi connectivity index (χ1) is 11.7. The fourth-order valence-electron chi connectivity index (χ4n) is 3.08. The molecule has 1 heterocycles. The zero-order chi connectivity index (χ0) is 18.5. The average molecular weight is 514 g/mol. The number of benzene rings is 1. The predicted octanol–water partition coefficient (Wildman–Crippen LogP) is 3.13. The summed E-state index contributed by atoms with van der Waals surface area (Å²) in [6.45, 7) is 5.77. The van der Waals surface area contributed by atoms with Crippen LogP contribution in [-0.4, -0.2) is 46.0 Å². The number of halogens is 2. The monoisotopic (exact) mass is 513 g/mol. The van der Waals surface area contributed by atoms with Gasteiger partial charge in [-0.05, 0) is 41.9 Å². The van der Waals surface area contributed by atoms with Gasteiger partial charge in [0.2, 0.25) is 0 Å². The minimum atomic E-state index is -2.83. The molecule has 1 aromatic rings. The van der Waals surface area contributed by atoms with Crippen LogP contribution in [0.4, 0.5) is 0 Å². The number of hydrogen-bond donors (Lipinski definition) is 2. The largest absolute Gasteiger partial charge is 0.356 e. The number of aliphatic imine (C=N–C) groups is 1. The molecule has 1 aromatic carbocycles. The molecule has 1 fully saturated rings. The number of guanidine groups is 1. The molecule has 0 saturated carbocycles.